The number of sulfone groups is 1. The maximum atomic E-state index is 11.7. The SMILES string of the molecule is CN(CC(C)(C)C)c1ccc([N+](=O)[O-])c(S(C)(=O)=O)c1. The number of hydrogen-bond acceptors (Lipinski definition) is 5. The summed E-state index contributed by atoms with van der Waals surface area (Å²) in [6.45, 7) is 6.89. The van der Waals surface area contributed by atoms with Crippen molar-refractivity contribution in [2.24, 2.45) is 5.41 Å². The Kier molecular flexibility index (Phi) is 4.43. The lowest BCUT2D eigenvalue weighted by atomic mass is 9.96. The highest BCUT2D eigenvalue weighted by atomic mass is 32.2. The van der Waals surface area contributed by atoms with Crippen LogP contribution in [0, 0.1) is 15.5 Å². The molecule has 0 unspecified atom stereocenters. The molecular weight excluding hydrogens is 280 g/mol. The lowest BCUT2D eigenvalue weighted by Crippen LogP contribution is -2.29. The van der Waals surface area contributed by atoms with E-state index in [-0.39, 0.29) is 16.0 Å². The predicted molar refractivity (Wildman–Crippen MR) is 78.9 cm³/mol. The molecular formula is C13H20N2O4S. The fourth-order valence-corrected chi connectivity index (χ4v) is 2.85. The summed E-state index contributed by atoms with van der Waals surface area (Å²) >= 11 is 0. The third-order valence-electron chi connectivity index (χ3n) is 2.69. The van der Waals surface area contributed by atoms with Gasteiger partial charge in [0.2, 0.25) is 0 Å². The van der Waals surface area contributed by atoms with Gasteiger partial charge in [0.25, 0.3) is 5.69 Å². The van der Waals surface area contributed by atoms with E-state index >= 15 is 0 Å². The van der Waals surface area contributed by atoms with Gasteiger partial charge in [0, 0.05) is 31.6 Å². The van der Waals surface area contributed by atoms with Gasteiger partial charge in [0.05, 0.1) is 4.92 Å². The van der Waals surface area contributed by atoms with Crippen LogP contribution in [-0.4, -0.2) is 33.2 Å². The zero-order valence-electron chi connectivity index (χ0n) is 12.4. The minimum atomic E-state index is -3.65. The third-order valence-corrected chi connectivity index (χ3v) is 3.82. The van der Waals surface area contributed by atoms with Gasteiger partial charge in [0.1, 0.15) is 4.90 Å². The van der Waals surface area contributed by atoms with E-state index < -0.39 is 14.8 Å². The number of nitro benzene ring substituents is 1. The largest absolute Gasteiger partial charge is 0.374 e. The lowest BCUT2D eigenvalue weighted by Gasteiger charge is -2.28. The number of anilines is 1. The van der Waals surface area contributed by atoms with Gasteiger partial charge < -0.3 is 4.90 Å². The van der Waals surface area contributed by atoms with Crippen molar-refractivity contribution < 1.29 is 13.3 Å². The van der Waals surface area contributed by atoms with E-state index in [4.69, 9.17) is 0 Å². The zero-order chi connectivity index (χ0) is 15.7. The second-order valence-corrected chi connectivity index (χ2v) is 8.08. The standard InChI is InChI=1S/C13H20N2O4S/c1-13(2,3)9-14(4)10-6-7-11(15(16)17)12(8-10)20(5,18)19/h6-8H,9H2,1-5H3. The van der Waals surface area contributed by atoms with Crippen LogP contribution in [0.1, 0.15) is 20.8 Å². The second-order valence-electron chi connectivity index (χ2n) is 6.10. The second kappa shape index (κ2) is 5.40. The average molecular weight is 300 g/mol. The highest BCUT2D eigenvalue weighted by Gasteiger charge is 2.24. The van der Waals surface area contributed by atoms with Gasteiger partial charge in [-0.3, -0.25) is 10.1 Å². The number of hydrogen-bond donors (Lipinski definition) is 0. The molecule has 0 atom stereocenters. The van der Waals surface area contributed by atoms with Crippen LogP contribution in [0.3, 0.4) is 0 Å². The van der Waals surface area contributed by atoms with E-state index in [1.165, 1.54) is 12.1 Å². The quantitative estimate of drug-likeness (QED) is 0.630. The number of rotatable bonds is 4. The van der Waals surface area contributed by atoms with Gasteiger partial charge >= 0.3 is 0 Å². The third kappa shape index (κ3) is 4.19. The highest BCUT2D eigenvalue weighted by molar-refractivity contribution is 7.90. The fraction of sp³-hybridized carbons (Fsp3) is 0.538. The van der Waals surface area contributed by atoms with E-state index in [0.717, 1.165) is 6.26 Å². The van der Waals surface area contributed by atoms with Gasteiger partial charge in [-0.15, -0.1) is 0 Å². The van der Waals surface area contributed by atoms with Gasteiger partial charge in [0.15, 0.2) is 9.84 Å². The van der Waals surface area contributed by atoms with Crippen molar-refractivity contribution >= 4 is 21.2 Å². The van der Waals surface area contributed by atoms with E-state index in [2.05, 4.69) is 20.8 Å². The van der Waals surface area contributed by atoms with Crippen LogP contribution >= 0.6 is 0 Å². The Bertz CT molecular complexity index is 618. The van der Waals surface area contributed by atoms with E-state index in [0.29, 0.717) is 12.2 Å². The van der Waals surface area contributed by atoms with Gasteiger partial charge in [-0.05, 0) is 17.5 Å². The molecule has 20 heavy (non-hydrogen) atoms. The first-order valence-electron chi connectivity index (χ1n) is 6.11. The lowest BCUT2D eigenvalue weighted by molar-refractivity contribution is -0.387. The molecule has 0 aliphatic heterocycles. The van der Waals surface area contributed by atoms with Gasteiger partial charge in [-0.1, -0.05) is 20.8 Å². The average Bonchev–Trinajstić information content (AvgIpc) is 2.24. The monoisotopic (exact) mass is 300 g/mol. The first-order chi connectivity index (χ1) is 8.92. The van der Waals surface area contributed by atoms with Crippen LogP contribution in [0.15, 0.2) is 23.1 Å². The molecule has 0 saturated carbocycles. The van der Waals surface area contributed by atoms with Gasteiger partial charge in [-0.25, -0.2) is 8.42 Å². The number of benzene rings is 1. The van der Waals surface area contributed by atoms with Crippen LogP contribution in [0.25, 0.3) is 0 Å². The van der Waals surface area contributed by atoms with Crippen molar-refractivity contribution in [3.8, 4) is 0 Å². The molecule has 0 heterocycles. The number of nitro groups is 1. The molecule has 0 spiro atoms. The molecule has 6 nitrogen and oxygen atoms in total. The zero-order valence-corrected chi connectivity index (χ0v) is 13.2. The molecule has 1 aromatic rings. The van der Waals surface area contributed by atoms with Crippen LogP contribution in [0.5, 0.6) is 0 Å². The molecule has 0 N–H and O–H groups in total. The van der Waals surface area contributed by atoms with Gasteiger partial charge in [-0.2, -0.15) is 0 Å². The van der Waals surface area contributed by atoms with Crippen LogP contribution in [0.2, 0.25) is 0 Å². The molecule has 0 aliphatic carbocycles. The summed E-state index contributed by atoms with van der Waals surface area (Å²) < 4.78 is 23.4. The van der Waals surface area contributed by atoms with Crippen molar-refractivity contribution in [2.75, 3.05) is 24.7 Å². The molecule has 0 radical (unpaired) electrons. The van der Waals surface area contributed by atoms with E-state index in [1.807, 2.05) is 11.9 Å². The maximum Gasteiger partial charge on any atom is 0.288 e. The normalized spacial score (nSPS) is 12.2. The van der Waals surface area contributed by atoms with Crippen molar-refractivity contribution in [2.45, 2.75) is 25.7 Å². The Labute approximate surface area is 119 Å². The summed E-state index contributed by atoms with van der Waals surface area (Å²) in [4.78, 5) is 11.9. The predicted octanol–water partition coefficient (Wildman–Crippen LogP) is 2.48. The number of nitrogens with zero attached hydrogens (tertiary/aromatic N) is 2. The molecule has 0 saturated heterocycles. The Hall–Kier alpha value is -1.63. The first-order valence-corrected chi connectivity index (χ1v) is 8.00. The molecule has 0 fully saturated rings. The Morgan fingerprint density at radius 1 is 1.30 bits per heavy atom. The molecule has 0 amide bonds. The van der Waals surface area contributed by atoms with Crippen molar-refractivity contribution in [1.82, 2.24) is 0 Å². The van der Waals surface area contributed by atoms with Crippen molar-refractivity contribution in [3.63, 3.8) is 0 Å². The van der Waals surface area contributed by atoms with E-state index in [9.17, 15) is 18.5 Å². The Balaban J connectivity index is 3.30. The summed E-state index contributed by atoms with van der Waals surface area (Å²) in [5, 5.41) is 10.9. The summed E-state index contributed by atoms with van der Waals surface area (Å²) in [5.74, 6) is 0. The molecule has 0 aromatic heterocycles. The topological polar surface area (TPSA) is 80.5 Å². The minimum absolute atomic E-state index is 0.0295. The van der Waals surface area contributed by atoms with Crippen molar-refractivity contribution in [3.05, 3.63) is 28.3 Å². The maximum absolute atomic E-state index is 11.7. The molecule has 7 heteroatoms. The summed E-state index contributed by atoms with van der Waals surface area (Å²) in [7, 11) is -1.81. The minimum Gasteiger partial charge on any atom is -0.374 e. The fourth-order valence-electron chi connectivity index (χ4n) is 1.99. The van der Waals surface area contributed by atoms with Crippen LogP contribution in [-0.2, 0) is 9.84 Å². The molecule has 112 valence electrons. The summed E-state index contributed by atoms with van der Waals surface area (Å²) in [6.07, 6.45) is 0.975. The Morgan fingerprint density at radius 2 is 1.85 bits per heavy atom. The molecule has 1 rings (SSSR count). The summed E-state index contributed by atoms with van der Waals surface area (Å²) in [5.41, 5.74) is 0.285. The molecule has 1 aromatic carbocycles. The first kappa shape index (κ1) is 16.4. The van der Waals surface area contributed by atoms with Crippen molar-refractivity contribution in [1.29, 1.82) is 0 Å². The van der Waals surface area contributed by atoms with Crippen LogP contribution in [0.4, 0.5) is 11.4 Å². The highest BCUT2D eigenvalue weighted by Crippen LogP contribution is 2.29. The Morgan fingerprint density at radius 3 is 2.25 bits per heavy atom. The molecule has 0 bridgehead atoms. The summed E-state index contributed by atoms with van der Waals surface area (Å²) in [6, 6.07) is 4.17. The molecule has 0 aliphatic rings. The van der Waals surface area contributed by atoms with Crippen LogP contribution < -0.4 is 4.90 Å². The smallest absolute Gasteiger partial charge is 0.288 e. The van der Waals surface area contributed by atoms with E-state index in [1.54, 1.807) is 6.07 Å².